The molecule has 3 N–H and O–H groups in total. The molecular formula is C14H9N7. The highest BCUT2D eigenvalue weighted by atomic mass is 15.3. The number of H-pyrrole nitrogens is 1. The summed E-state index contributed by atoms with van der Waals surface area (Å²) in [6, 6.07) is 11.6. The van der Waals surface area contributed by atoms with Gasteiger partial charge in [-0.2, -0.15) is 14.9 Å². The Balaban J connectivity index is 1.99. The third-order valence-corrected chi connectivity index (χ3v) is 3.38. The van der Waals surface area contributed by atoms with Gasteiger partial charge >= 0.3 is 0 Å². The summed E-state index contributed by atoms with van der Waals surface area (Å²) in [4.78, 5) is 3.20. The van der Waals surface area contributed by atoms with Crippen molar-refractivity contribution in [2.75, 3.05) is 5.73 Å². The smallest absolute Gasteiger partial charge is 0.205 e. The molecule has 3 aromatic heterocycles. The van der Waals surface area contributed by atoms with Gasteiger partial charge in [-0.3, -0.25) is 0 Å². The van der Waals surface area contributed by atoms with Crippen molar-refractivity contribution in [2.45, 2.75) is 0 Å². The number of hydrogen-bond acceptors (Lipinski definition) is 5. The molecule has 0 aliphatic heterocycles. The number of nitriles is 1. The Labute approximate surface area is 118 Å². The number of anilines is 1. The predicted molar refractivity (Wildman–Crippen MR) is 77.2 cm³/mol. The van der Waals surface area contributed by atoms with E-state index in [2.05, 4.69) is 20.3 Å². The Morgan fingerprint density at radius 2 is 2.10 bits per heavy atom. The zero-order valence-corrected chi connectivity index (χ0v) is 10.8. The summed E-state index contributed by atoms with van der Waals surface area (Å²) in [6.07, 6.45) is 1.89. The SMILES string of the molecule is N#Cc1nnc2cc(-c3c[nH]c4ccccc34)nn2c1N. The molecular weight excluding hydrogens is 266 g/mol. The lowest BCUT2D eigenvalue weighted by molar-refractivity contribution is 0.894. The van der Waals surface area contributed by atoms with E-state index in [9.17, 15) is 0 Å². The van der Waals surface area contributed by atoms with Crippen molar-refractivity contribution in [1.29, 1.82) is 5.26 Å². The molecule has 0 saturated carbocycles. The van der Waals surface area contributed by atoms with Crippen LogP contribution >= 0.6 is 0 Å². The fourth-order valence-electron chi connectivity index (χ4n) is 2.37. The molecule has 4 rings (SSSR count). The van der Waals surface area contributed by atoms with Crippen LogP contribution in [0.3, 0.4) is 0 Å². The van der Waals surface area contributed by atoms with E-state index in [-0.39, 0.29) is 11.5 Å². The number of nitrogen functional groups attached to an aromatic ring is 1. The number of benzene rings is 1. The Hall–Kier alpha value is -3.40. The molecule has 100 valence electrons. The second-order valence-corrected chi connectivity index (χ2v) is 4.59. The number of nitrogens with one attached hydrogen (secondary N) is 1. The summed E-state index contributed by atoms with van der Waals surface area (Å²) >= 11 is 0. The molecule has 0 amide bonds. The normalized spacial score (nSPS) is 11.0. The molecule has 0 aliphatic rings. The average molecular weight is 275 g/mol. The Morgan fingerprint density at radius 1 is 1.24 bits per heavy atom. The van der Waals surface area contributed by atoms with Gasteiger partial charge in [-0.15, -0.1) is 10.2 Å². The Morgan fingerprint density at radius 3 is 2.95 bits per heavy atom. The lowest BCUT2D eigenvalue weighted by atomic mass is 10.1. The minimum absolute atomic E-state index is 0.0658. The molecule has 4 aromatic rings. The predicted octanol–water partition coefficient (Wildman–Crippen LogP) is 1.73. The second-order valence-electron chi connectivity index (χ2n) is 4.59. The number of aromatic nitrogens is 5. The lowest BCUT2D eigenvalue weighted by Crippen LogP contribution is -2.05. The Kier molecular flexibility index (Phi) is 2.20. The summed E-state index contributed by atoms with van der Waals surface area (Å²) < 4.78 is 1.43. The monoisotopic (exact) mass is 275 g/mol. The first kappa shape index (κ1) is 11.4. The molecule has 0 aliphatic carbocycles. The van der Waals surface area contributed by atoms with E-state index in [1.807, 2.05) is 36.5 Å². The van der Waals surface area contributed by atoms with E-state index in [4.69, 9.17) is 11.0 Å². The number of fused-ring (bicyclic) bond motifs is 2. The zero-order valence-electron chi connectivity index (χ0n) is 10.8. The molecule has 0 spiro atoms. The highest BCUT2D eigenvalue weighted by Gasteiger charge is 2.14. The third-order valence-electron chi connectivity index (χ3n) is 3.38. The van der Waals surface area contributed by atoms with Crippen molar-refractivity contribution in [3.63, 3.8) is 0 Å². The van der Waals surface area contributed by atoms with Crippen LogP contribution in [0.5, 0.6) is 0 Å². The van der Waals surface area contributed by atoms with Crippen LogP contribution < -0.4 is 5.73 Å². The lowest BCUT2D eigenvalue weighted by Gasteiger charge is -1.97. The molecule has 0 radical (unpaired) electrons. The van der Waals surface area contributed by atoms with Crippen molar-refractivity contribution >= 4 is 22.4 Å². The molecule has 21 heavy (non-hydrogen) atoms. The molecule has 7 nitrogen and oxygen atoms in total. The number of para-hydroxylation sites is 1. The van der Waals surface area contributed by atoms with E-state index in [1.54, 1.807) is 6.07 Å². The van der Waals surface area contributed by atoms with Crippen LogP contribution in [0.1, 0.15) is 5.69 Å². The Bertz CT molecular complexity index is 1020. The van der Waals surface area contributed by atoms with Crippen LogP contribution in [-0.4, -0.2) is 24.8 Å². The topological polar surface area (TPSA) is 109 Å². The van der Waals surface area contributed by atoms with Crippen LogP contribution in [0.25, 0.3) is 27.8 Å². The summed E-state index contributed by atoms with van der Waals surface area (Å²) in [6.45, 7) is 0. The van der Waals surface area contributed by atoms with Crippen molar-refractivity contribution in [3.8, 4) is 17.3 Å². The maximum absolute atomic E-state index is 8.93. The van der Waals surface area contributed by atoms with Gasteiger partial charge in [0, 0.05) is 28.7 Å². The van der Waals surface area contributed by atoms with Crippen molar-refractivity contribution < 1.29 is 0 Å². The van der Waals surface area contributed by atoms with E-state index < -0.39 is 0 Å². The van der Waals surface area contributed by atoms with E-state index in [0.717, 1.165) is 22.2 Å². The first-order chi connectivity index (χ1) is 10.3. The van der Waals surface area contributed by atoms with Crippen molar-refractivity contribution in [2.24, 2.45) is 0 Å². The fraction of sp³-hybridized carbons (Fsp3) is 0. The average Bonchev–Trinajstić information content (AvgIpc) is 3.11. The largest absolute Gasteiger partial charge is 0.381 e. The molecule has 0 saturated heterocycles. The zero-order chi connectivity index (χ0) is 14.4. The number of nitrogens with two attached hydrogens (primary N) is 1. The first-order valence-corrected chi connectivity index (χ1v) is 6.26. The molecule has 0 bridgehead atoms. The quantitative estimate of drug-likeness (QED) is 0.549. The number of nitrogens with zero attached hydrogens (tertiary/aromatic N) is 5. The number of hydrogen-bond donors (Lipinski definition) is 2. The molecule has 7 heteroatoms. The number of aromatic amines is 1. The maximum atomic E-state index is 8.93. The maximum Gasteiger partial charge on any atom is 0.205 e. The van der Waals surface area contributed by atoms with Gasteiger partial charge in [0.15, 0.2) is 11.5 Å². The summed E-state index contributed by atoms with van der Waals surface area (Å²) in [5, 5.41) is 22.2. The minimum Gasteiger partial charge on any atom is -0.381 e. The van der Waals surface area contributed by atoms with E-state index >= 15 is 0 Å². The van der Waals surface area contributed by atoms with Crippen molar-refractivity contribution in [3.05, 3.63) is 42.2 Å². The van der Waals surface area contributed by atoms with Crippen LogP contribution in [-0.2, 0) is 0 Å². The highest BCUT2D eigenvalue weighted by molar-refractivity contribution is 5.95. The van der Waals surface area contributed by atoms with Gasteiger partial charge in [-0.05, 0) is 6.07 Å². The standard InChI is InChI=1S/C14H9N7/c15-6-12-14(16)21-13(19-18-12)5-11(20-21)9-7-17-10-4-2-1-3-8(9)10/h1-5,7,17H,16H2. The van der Waals surface area contributed by atoms with E-state index in [0.29, 0.717) is 5.65 Å². The van der Waals surface area contributed by atoms with Crippen molar-refractivity contribution in [1.82, 2.24) is 24.8 Å². The molecule has 0 atom stereocenters. The molecule has 3 heterocycles. The van der Waals surface area contributed by atoms with Crippen LogP contribution in [0.4, 0.5) is 5.82 Å². The number of rotatable bonds is 1. The fourth-order valence-corrected chi connectivity index (χ4v) is 2.37. The summed E-state index contributed by atoms with van der Waals surface area (Å²) in [7, 11) is 0. The van der Waals surface area contributed by atoms with E-state index in [1.165, 1.54) is 4.52 Å². The first-order valence-electron chi connectivity index (χ1n) is 6.26. The van der Waals surface area contributed by atoms with Gasteiger partial charge in [0.2, 0.25) is 5.69 Å². The van der Waals surface area contributed by atoms with Crippen LogP contribution in [0.2, 0.25) is 0 Å². The minimum atomic E-state index is 0.0658. The van der Waals surface area contributed by atoms with Gasteiger partial charge in [0.05, 0.1) is 5.69 Å². The third kappa shape index (κ3) is 1.56. The van der Waals surface area contributed by atoms with Gasteiger partial charge < -0.3 is 10.7 Å². The van der Waals surface area contributed by atoms with Gasteiger partial charge in [0.25, 0.3) is 0 Å². The van der Waals surface area contributed by atoms with Crippen LogP contribution in [0, 0.1) is 11.3 Å². The van der Waals surface area contributed by atoms with Gasteiger partial charge in [0.1, 0.15) is 6.07 Å². The van der Waals surface area contributed by atoms with Gasteiger partial charge in [-0.1, -0.05) is 18.2 Å². The summed E-state index contributed by atoms with van der Waals surface area (Å²) in [5.74, 6) is 0.189. The molecule has 1 aromatic carbocycles. The van der Waals surface area contributed by atoms with Gasteiger partial charge in [-0.25, -0.2) is 0 Å². The summed E-state index contributed by atoms with van der Waals surface area (Å²) in [5.41, 5.74) is 9.16. The van der Waals surface area contributed by atoms with Crippen LogP contribution in [0.15, 0.2) is 36.5 Å². The highest BCUT2D eigenvalue weighted by Crippen LogP contribution is 2.28. The molecule has 0 unspecified atom stereocenters. The second kappa shape index (κ2) is 4.05. The molecule has 0 fully saturated rings.